The minimum Gasteiger partial charge on any atom is -0.489 e. The van der Waals surface area contributed by atoms with Crippen molar-refractivity contribution in [3.8, 4) is 17.0 Å². The van der Waals surface area contributed by atoms with Gasteiger partial charge in [-0.25, -0.2) is 9.59 Å². The van der Waals surface area contributed by atoms with Crippen molar-refractivity contribution in [1.82, 2.24) is 4.57 Å². The smallest absolute Gasteiger partial charge is 0.339 e. The molecule has 0 amide bonds. The van der Waals surface area contributed by atoms with Gasteiger partial charge in [0.2, 0.25) is 0 Å². The number of carbonyl (C=O) groups excluding carboxylic acids is 1. The fourth-order valence-electron chi connectivity index (χ4n) is 3.94. The third-order valence-electron chi connectivity index (χ3n) is 5.40. The van der Waals surface area contributed by atoms with Gasteiger partial charge in [0.1, 0.15) is 12.4 Å². The molecule has 0 fully saturated rings. The summed E-state index contributed by atoms with van der Waals surface area (Å²) in [7, 11) is 1.36. The molecule has 1 aromatic heterocycles. The van der Waals surface area contributed by atoms with E-state index in [0.717, 1.165) is 42.8 Å². The zero-order valence-electron chi connectivity index (χ0n) is 16.8. The highest BCUT2D eigenvalue weighted by Crippen LogP contribution is 2.34. The molecular weight excluding hydrogens is 382 g/mol. The Kier molecular flexibility index (Phi) is 5.57. The molecule has 0 atom stereocenters. The molecule has 4 rings (SSSR count). The van der Waals surface area contributed by atoms with Gasteiger partial charge >= 0.3 is 11.9 Å². The van der Waals surface area contributed by atoms with Crippen LogP contribution in [0.25, 0.3) is 11.3 Å². The van der Waals surface area contributed by atoms with Gasteiger partial charge in [-0.15, -0.1) is 0 Å². The second-order valence-electron chi connectivity index (χ2n) is 7.28. The van der Waals surface area contributed by atoms with Crippen molar-refractivity contribution >= 4 is 11.9 Å². The molecule has 0 saturated heterocycles. The molecule has 6 heteroatoms. The Balaban J connectivity index is 1.71. The summed E-state index contributed by atoms with van der Waals surface area (Å²) in [4.78, 5) is 24.3. The van der Waals surface area contributed by atoms with Gasteiger partial charge in [-0.1, -0.05) is 30.3 Å². The lowest BCUT2D eigenvalue weighted by atomic mass is 10.0. The third kappa shape index (κ3) is 3.81. The van der Waals surface area contributed by atoms with Gasteiger partial charge in [0.05, 0.1) is 18.2 Å². The summed E-state index contributed by atoms with van der Waals surface area (Å²) in [6.07, 6.45) is 2.74. The molecule has 0 unspecified atom stereocenters. The Morgan fingerprint density at radius 2 is 1.83 bits per heavy atom. The number of rotatable bonds is 6. The first-order chi connectivity index (χ1) is 14.6. The molecule has 3 aromatic rings. The second kappa shape index (κ2) is 8.45. The summed E-state index contributed by atoms with van der Waals surface area (Å²) in [6.45, 7) is 1.10. The Labute approximate surface area is 174 Å². The van der Waals surface area contributed by atoms with Crippen molar-refractivity contribution in [3.05, 3.63) is 77.0 Å². The van der Waals surface area contributed by atoms with Gasteiger partial charge in [-0.2, -0.15) is 0 Å². The summed E-state index contributed by atoms with van der Waals surface area (Å²) in [5, 5.41) is 9.85. The second-order valence-corrected chi connectivity index (χ2v) is 7.28. The van der Waals surface area contributed by atoms with E-state index in [9.17, 15) is 14.7 Å². The van der Waals surface area contributed by atoms with Crippen molar-refractivity contribution in [2.75, 3.05) is 7.11 Å². The number of aromatic nitrogens is 1. The van der Waals surface area contributed by atoms with Gasteiger partial charge in [-0.05, 0) is 49.1 Å². The molecule has 154 valence electrons. The van der Waals surface area contributed by atoms with E-state index in [1.165, 1.54) is 7.11 Å². The van der Waals surface area contributed by atoms with E-state index < -0.39 is 11.9 Å². The van der Waals surface area contributed by atoms with Gasteiger partial charge in [0.25, 0.3) is 0 Å². The molecule has 1 N–H and O–H groups in total. The standard InChI is InChI=1S/C24H23NO5/c1-29-24(28)20-14-22(25-12-6-5-9-21(20)25)18-11-10-17(13-19(18)23(26)27)30-15-16-7-3-2-4-8-16/h2-4,7-8,10-11,13-14H,5-6,9,12,15H2,1H3,(H,26,27). The van der Waals surface area contributed by atoms with Gasteiger partial charge in [-0.3, -0.25) is 0 Å². The number of ether oxygens (including phenoxy) is 2. The van der Waals surface area contributed by atoms with Crippen LogP contribution in [0.5, 0.6) is 5.75 Å². The first-order valence-electron chi connectivity index (χ1n) is 9.93. The van der Waals surface area contributed by atoms with Crippen LogP contribution in [0.2, 0.25) is 0 Å². The number of benzene rings is 2. The normalized spacial score (nSPS) is 12.8. The molecule has 2 aromatic carbocycles. The molecule has 1 aliphatic rings. The SMILES string of the molecule is COC(=O)c1cc(-c2ccc(OCc3ccccc3)cc2C(=O)O)n2c1CCCC2. The lowest BCUT2D eigenvalue weighted by Crippen LogP contribution is -2.14. The molecule has 0 saturated carbocycles. The fourth-order valence-corrected chi connectivity index (χ4v) is 3.94. The Hall–Kier alpha value is -3.54. The van der Waals surface area contributed by atoms with Crippen molar-refractivity contribution in [1.29, 1.82) is 0 Å². The van der Waals surface area contributed by atoms with Crippen LogP contribution in [0, 0.1) is 0 Å². The number of carbonyl (C=O) groups is 2. The number of nitrogens with zero attached hydrogens (tertiary/aromatic N) is 1. The number of hydrogen-bond donors (Lipinski definition) is 1. The van der Waals surface area contributed by atoms with Crippen LogP contribution in [0.3, 0.4) is 0 Å². The number of aromatic carboxylic acids is 1. The van der Waals surface area contributed by atoms with E-state index in [4.69, 9.17) is 9.47 Å². The molecule has 0 radical (unpaired) electrons. The highest BCUT2D eigenvalue weighted by Gasteiger charge is 2.26. The highest BCUT2D eigenvalue weighted by atomic mass is 16.5. The van der Waals surface area contributed by atoms with Crippen LogP contribution >= 0.6 is 0 Å². The molecule has 6 nitrogen and oxygen atoms in total. The van der Waals surface area contributed by atoms with Crippen LogP contribution < -0.4 is 4.74 Å². The molecule has 0 aliphatic carbocycles. The number of methoxy groups -OCH3 is 1. The Morgan fingerprint density at radius 1 is 1.03 bits per heavy atom. The van der Waals surface area contributed by atoms with E-state index in [1.807, 2.05) is 34.9 Å². The third-order valence-corrected chi connectivity index (χ3v) is 5.40. The van der Waals surface area contributed by atoms with Crippen LogP contribution in [-0.4, -0.2) is 28.7 Å². The summed E-state index contributed by atoms with van der Waals surface area (Å²) >= 11 is 0. The zero-order chi connectivity index (χ0) is 21.1. The van der Waals surface area contributed by atoms with Crippen LogP contribution in [0.1, 0.15) is 44.8 Å². The van der Waals surface area contributed by atoms with E-state index >= 15 is 0 Å². The van der Waals surface area contributed by atoms with E-state index in [0.29, 0.717) is 23.5 Å². The lowest BCUT2D eigenvalue weighted by molar-refractivity contribution is 0.0598. The first kappa shape index (κ1) is 19.8. The number of hydrogen-bond acceptors (Lipinski definition) is 4. The summed E-state index contributed by atoms with van der Waals surface area (Å²) < 4.78 is 12.8. The van der Waals surface area contributed by atoms with Crippen molar-refractivity contribution < 1.29 is 24.2 Å². The molecular formula is C24H23NO5. The van der Waals surface area contributed by atoms with Crippen LogP contribution in [-0.2, 0) is 24.3 Å². The van der Waals surface area contributed by atoms with Crippen molar-refractivity contribution in [2.24, 2.45) is 0 Å². The summed E-state index contributed by atoms with van der Waals surface area (Å²) in [5.74, 6) is -0.952. The minimum atomic E-state index is -1.04. The van der Waals surface area contributed by atoms with Gasteiger partial charge in [0.15, 0.2) is 0 Å². The summed E-state index contributed by atoms with van der Waals surface area (Å²) in [5.41, 5.74) is 3.84. The minimum absolute atomic E-state index is 0.142. The maximum atomic E-state index is 12.3. The molecule has 1 aliphatic heterocycles. The first-order valence-corrected chi connectivity index (χ1v) is 9.93. The quantitative estimate of drug-likeness (QED) is 0.609. The average Bonchev–Trinajstić information content (AvgIpc) is 3.17. The van der Waals surface area contributed by atoms with E-state index in [-0.39, 0.29) is 5.56 Å². The average molecular weight is 405 g/mol. The Morgan fingerprint density at radius 3 is 2.57 bits per heavy atom. The zero-order valence-corrected chi connectivity index (χ0v) is 16.8. The fraction of sp³-hybridized carbons (Fsp3) is 0.250. The Bertz CT molecular complexity index is 1080. The van der Waals surface area contributed by atoms with E-state index in [2.05, 4.69) is 0 Å². The predicted octanol–water partition coefficient (Wildman–Crippen LogP) is 4.56. The largest absolute Gasteiger partial charge is 0.489 e. The topological polar surface area (TPSA) is 77.8 Å². The summed E-state index contributed by atoms with van der Waals surface area (Å²) in [6, 6.07) is 16.5. The number of fused-ring (bicyclic) bond motifs is 1. The van der Waals surface area contributed by atoms with Crippen molar-refractivity contribution in [2.45, 2.75) is 32.4 Å². The van der Waals surface area contributed by atoms with Gasteiger partial charge in [0, 0.05) is 23.5 Å². The molecule has 0 spiro atoms. The van der Waals surface area contributed by atoms with E-state index in [1.54, 1.807) is 24.3 Å². The number of carboxylic acid groups (broad SMARTS) is 1. The number of esters is 1. The monoisotopic (exact) mass is 405 g/mol. The van der Waals surface area contributed by atoms with Gasteiger partial charge < -0.3 is 19.1 Å². The predicted molar refractivity (Wildman–Crippen MR) is 112 cm³/mol. The molecule has 30 heavy (non-hydrogen) atoms. The molecule has 0 bridgehead atoms. The van der Waals surface area contributed by atoms with Crippen LogP contribution in [0.4, 0.5) is 0 Å². The maximum absolute atomic E-state index is 12.3. The lowest BCUT2D eigenvalue weighted by Gasteiger charge is -2.19. The molecule has 2 heterocycles. The highest BCUT2D eigenvalue weighted by molar-refractivity contribution is 5.98. The number of carboxylic acids is 1. The maximum Gasteiger partial charge on any atom is 0.339 e. The van der Waals surface area contributed by atoms with Crippen molar-refractivity contribution in [3.63, 3.8) is 0 Å². The van der Waals surface area contributed by atoms with Crippen LogP contribution in [0.15, 0.2) is 54.6 Å².